The van der Waals surface area contributed by atoms with E-state index in [0.717, 1.165) is 0 Å². The van der Waals surface area contributed by atoms with Crippen LogP contribution in [0.25, 0.3) is 6.08 Å². The van der Waals surface area contributed by atoms with Gasteiger partial charge in [0, 0.05) is 5.54 Å². The highest BCUT2D eigenvalue weighted by molar-refractivity contribution is 7.12. The second-order valence-electron chi connectivity index (χ2n) is 6.81. The van der Waals surface area contributed by atoms with Crippen molar-refractivity contribution in [3.05, 3.63) is 51.8 Å². The summed E-state index contributed by atoms with van der Waals surface area (Å²) in [6.45, 7) is 5.63. The third-order valence-electron chi connectivity index (χ3n) is 3.44. The molecule has 0 fully saturated rings. The van der Waals surface area contributed by atoms with Crippen LogP contribution in [0, 0.1) is 0 Å². The van der Waals surface area contributed by atoms with Crippen LogP contribution in [0.4, 0.5) is 0 Å². The highest BCUT2D eigenvalue weighted by atomic mass is 32.1. The molecule has 27 heavy (non-hydrogen) atoms. The highest BCUT2D eigenvalue weighted by Crippen LogP contribution is 2.28. The van der Waals surface area contributed by atoms with E-state index in [1.807, 2.05) is 26.2 Å². The van der Waals surface area contributed by atoms with E-state index in [2.05, 4.69) is 10.6 Å². The molecule has 2 rings (SSSR count). The summed E-state index contributed by atoms with van der Waals surface area (Å²) in [7, 11) is 3.09. The molecular weight excluding hydrogens is 364 g/mol. The number of nitrogens with one attached hydrogen (secondary N) is 2. The van der Waals surface area contributed by atoms with Crippen molar-refractivity contribution < 1.29 is 19.1 Å². The maximum Gasteiger partial charge on any atom is 0.268 e. The molecule has 2 N–H and O–H groups in total. The van der Waals surface area contributed by atoms with Crippen LogP contribution >= 0.6 is 11.3 Å². The van der Waals surface area contributed by atoms with Crippen LogP contribution < -0.4 is 20.1 Å². The van der Waals surface area contributed by atoms with E-state index in [4.69, 9.17) is 9.47 Å². The average molecular weight is 388 g/mol. The molecule has 0 aliphatic heterocycles. The van der Waals surface area contributed by atoms with Gasteiger partial charge in [0.2, 0.25) is 0 Å². The van der Waals surface area contributed by atoms with Gasteiger partial charge >= 0.3 is 0 Å². The molecule has 0 atom stereocenters. The van der Waals surface area contributed by atoms with Crippen LogP contribution in [0.15, 0.2) is 41.4 Å². The Morgan fingerprint density at radius 3 is 2.33 bits per heavy atom. The van der Waals surface area contributed by atoms with Gasteiger partial charge in [-0.3, -0.25) is 9.59 Å². The Morgan fingerprint density at radius 2 is 1.78 bits per heavy atom. The molecule has 0 unspecified atom stereocenters. The Kier molecular flexibility index (Phi) is 6.63. The predicted octanol–water partition coefficient (Wildman–Crippen LogP) is 3.45. The molecule has 0 bridgehead atoms. The first-order valence-corrected chi connectivity index (χ1v) is 9.22. The SMILES string of the molecule is COc1ccc(/C=C(/NC(=O)c2cccs2)C(=O)NC(C)(C)C)cc1OC. The second kappa shape index (κ2) is 8.73. The molecule has 1 aromatic carbocycles. The highest BCUT2D eigenvalue weighted by Gasteiger charge is 2.20. The molecule has 0 saturated heterocycles. The molecule has 0 spiro atoms. The van der Waals surface area contributed by atoms with Crippen molar-refractivity contribution >= 4 is 29.2 Å². The van der Waals surface area contributed by atoms with Gasteiger partial charge in [-0.05, 0) is 56.0 Å². The Morgan fingerprint density at radius 1 is 1.07 bits per heavy atom. The predicted molar refractivity (Wildman–Crippen MR) is 107 cm³/mol. The molecule has 1 heterocycles. The van der Waals surface area contributed by atoms with E-state index >= 15 is 0 Å². The Hall–Kier alpha value is -2.80. The molecule has 0 aliphatic rings. The summed E-state index contributed by atoms with van der Waals surface area (Å²) < 4.78 is 10.5. The minimum absolute atomic E-state index is 0.149. The maximum atomic E-state index is 12.7. The van der Waals surface area contributed by atoms with Crippen molar-refractivity contribution in [1.29, 1.82) is 0 Å². The Balaban J connectivity index is 2.37. The maximum absolute atomic E-state index is 12.7. The molecule has 1 aromatic heterocycles. The lowest BCUT2D eigenvalue weighted by molar-refractivity contribution is -0.119. The van der Waals surface area contributed by atoms with Gasteiger partial charge < -0.3 is 20.1 Å². The molecule has 144 valence electrons. The fraction of sp³-hybridized carbons (Fsp3) is 0.300. The van der Waals surface area contributed by atoms with Crippen LogP contribution in [-0.2, 0) is 4.79 Å². The van der Waals surface area contributed by atoms with Crippen LogP contribution in [0.5, 0.6) is 11.5 Å². The van der Waals surface area contributed by atoms with Gasteiger partial charge in [-0.2, -0.15) is 0 Å². The second-order valence-corrected chi connectivity index (χ2v) is 7.76. The zero-order chi connectivity index (χ0) is 20.0. The van der Waals surface area contributed by atoms with Gasteiger partial charge in [0.05, 0.1) is 19.1 Å². The number of methoxy groups -OCH3 is 2. The normalized spacial score (nSPS) is 11.7. The smallest absolute Gasteiger partial charge is 0.268 e. The quantitative estimate of drug-likeness (QED) is 0.743. The van der Waals surface area contributed by atoms with Crippen LogP contribution in [0.3, 0.4) is 0 Å². The first-order chi connectivity index (χ1) is 12.7. The molecule has 0 saturated carbocycles. The summed E-state index contributed by atoms with van der Waals surface area (Å²) in [5, 5.41) is 7.38. The lowest BCUT2D eigenvalue weighted by Crippen LogP contribution is -2.44. The number of carbonyl (C=O) groups excluding carboxylic acids is 2. The summed E-state index contributed by atoms with van der Waals surface area (Å²) >= 11 is 1.31. The average Bonchev–Trinajstić information content (AvgIpc) is 3.14. The zero-order valence-electron chi connectivity index (χ0n) is 16.1. The van der Waals surface area contributed by atoms with Gasteiger partial charge in [0.1, 0.15) is 5.70 Å². The molecule has 6 nitrogen and oxygen atoms in total. The van der Waals surface area contributed by atoms with Crippen molar-refractivity contribution in [2.75, 3.05) is 14.2 Å². The summed E-state index contributed by atoms with van der Waals surface area (Å²) in [6.07, 6.45) is 1.61. The fourth-order valence-electron chi connectivity index (χ4n) is 2.27. The van der Waals surface area contributed by atoms with E-state index in [9.17, 15) is 9.59 Å². The summed E-state index contributed by atoms with van der Waals surface area (Å²) in [5.74, 6) is 0.410. The molecular formula is C20H24N2O4S. The van der Waals surface area contributed by atoms with Gasteiger partial charge in [0.25, 0.3) is 11.8 Å². The number of carbonyl (C=O) groups is 2. The van der Waals surface area contributed by atoms with E-state index in [1.54, 1.807) is 43.5 Å². The number of hydrogen-bond acceptors (Lipinski definition) is 5. The van der Waals surface area contributed by atoms with E-state index < -0.39 is 5.54 Å². The fourth-order valence-corrected chi connectivity index (χ4v) is 2.89. The summed E-state index contributed by atoms with van der Waals surface area (Å²) in [4.78, 5) is 25.7. The Labute approximate surface area is 163 Å². The number of ether oxygens (including phenoxy) is 2. The van der Waals surface area contributed by atoms with E-state index in [0.29, 0.717) is 21.9 Å². The van der Waals surface area contributed by atoms with Crippen molar-refractivity contribution in [3.63, 3.8) is 0 Å². The number of hydrogen-bond donors (Lipinski definition) is 2. The topological polar surface area (TPSA) is 76.7 Å². The largest absolute Gasteiger partial charge is 0.493 e. The number of benzene rings is 1. The van der Waals surface area contributed by atoms with Gasteiger partial charge in [-0.15, -0.1) is 11.3 Å². The first-order valence-electron chi connectivity index (χ1n) is 8.34. The van der Waals surface area contributed by atoms with Gasteiger partial charge in [0.15, 0.2) is 11.5 Å². The third-order valence-corrected chi connectivity index (χ3v) is 4.31. The minimum atomic E-state index is -0.443. The monoisotopic (exact) mass is 388 g/mol. The molecule has 0 aliphatic carbocycles. The number of thiophene rings is 1. The first kappa shape index (κ1) is 20.5. The van der Waals surface area contributed by atoms with E-state index in [1.165, 1.54) is 18.4 Å². The van der Waals surface area contributed by atoms with Gasteiger partial charge in [-0.25, -0.2) is 0 Å². The zero-order valence-corrected chi connectivity index (χ0v) is 16.9. The van der Waals surface area contributed by atoms with E-state index in [-0.39, 0.29) is 17.5 Å². The van der Waals surface area contributed by atoms with Crippen molar-refractivity contribution in [3.8, 4) is 11.5 Å². The van der Waals surface area contributed by atoms with Crippen LogP contribution in [-0.4, -0.2) is 31.6 Å². The number of amides is 2. The van der Waals surface area contributed by atoms with Crippen LogP contribution in [0.2, 0.25) is 0 Å². The molecule has 2 amide bonds. The van der Waals surface area contributed by atoms with Crippen molar-refractivity contribution in [2.24, 2.45) is 0 Å². The number of rotatable bonds is 6. The molecule has 7 heteroatoms. The standard InChI is InChI=1S/C20H24N2O4S/c1-20(2,3)22-18(23)14(21-19(24)17-7-6-10-27-17)11-13-8-9-15(25-4)16(12-13)26-5/h6-12H,1-5H3,(H,21,24)(H,22,23)/b14-11+. The summed E-state index contributed by atoms with van der Waals surface area (Å²) in [5.41, 5.74) is 0.398. The lowest BCUT2D eigenvalue weighted by Gasteiger charge is -2.22. The lowest BCUT2D eigenvalue weighted by atomic mass is 10.1. The molecule has 0 radical (unpaired) electrons. The van der Waals surface area contributed by atoms with Crippen LogP contribution in [0.1, 0.15) is 36.0 Å². The van der Waals surface area contributed by atoms with Gasteiger partial charge in [-0.1, -0.05) is 12.1 Å². The molecule has 2 aromatic rings. The summed E-state index contributed by atoms with van der Waals surface area (Å²) in [6, 6.07) is 8.75. The Bertz CT molecular complexity index is 836. The van der Waals surface area contributed by atoms with Crippen molar-refractivity contribution in [2.45, 2.75) is 26.3 Å². The van der Waals surface area contributed by atoms with Crippen molar-refractivity contribution in [1.82, 2.24) is 10.6 Å². The minimum Gasteiger partial charge on any atom is -0.493 e. The third kappa shape index (κ3) is 5.86.